The Morgan fingerprint density at radius 1 is 1.02 bits per heavy atom. The average Bonchev–Trinajstić information content (AvgIpc) is 3.77. The number of hydrogen-bond donors (Lipinski definition) is 7. The number of nitrogens with one attached hydrogen (secondary N) is 1. The van der Waals surface area contributed by atoms with Crippen LogP contribution in [0.4, 0.5) is 5.69 Å². The first-order valence-electron chi connectivity index (χ1n) is 14.2. The number of anilines is 1. The number of phenols is 3. The lowest BCUT2D eigenvalue weighted by atomic mass is 10.0. The lowest BCUT2D eigenvalue weighted by molar-refractivity contribution is -0.135. The van der Waals surface area contributed by atoms with Gasteiger partial charge in [-0.1, -0.05) is 12.1 Å². The van der Waals surface area contributed by atoms with Crippen molar-refractivity contribution in [3.63, 3.8) is 0 Å². The molecule has 1 saturated heterocycles. The zero-order valence-corrected chi connectivity index (χ0v) is 24.5. The maximum atomic E-state index is 13.0. The molecule has 3 aromatic carbocycles. The summed E-state index contributed by atoms with van der Waals surface area (Å²) in [7, 11) is 1.34. The van der Waals surface area contributed by atoms with Crippen LogP contribution >= 0.6 is 0 Å². The number of epoxide rings is 1. The summed E-state index contributed by atoms with van der Waals surface area (Å²) >= 11 is 0. The number of rotatable bonds is 13. The van der Waals surface area contributed by atoms with Gasteiger partial charge in [-0.15, -0.1) is 0 Å². The van der Waals surface area contributed by atoms with Crippen LogP contribution in [0.25, 0.3) is 22.1 Å². The summed E-state index contributed by atoms with van der Waals surface area (Å²) in [6, 6.07) is 11.2. The lowest BCUT2D eigenvalue weighted by Gasteiger charge is -2.17. The Morgan fingerprint density at radius 2 is 1.74 bits per heavy atom. The smallest absolute Gasteiger partial charge is 0.311 e. The van der Waals surface area contributed by atoms with Crippen LogP contribution in [-0.4, -0.2) is 69.1 Å². The number of aromatic hydroxyl groups is 3. The van der Waals surface area contributed by atoms with Crippen LogP contribution in [0, 0.1) is 0 Å². The Bertz CT molecular complexity index is 1820. The van der Waals surface area contributed by atoms with Gasteiger partial charge < -0.3 is 55.2 Å². The number of amides is 1. The number of hydrogen-bond acceptors (Lipinski definition) is 13. The number of aliphatic hydroxyl groups is 2. The third-order valence-electron chi connectivity index (χ3n) is 7.56. The molecular weight excluding hydrogens is 604 g/mol. The van der Waals surface area contributed by atoms with E-state index < -0.39 is 41.5 Å². The van der Waals surface area contributed by atoms with Crippen molar-refractivity contribution in [2.24, 2.45) is 5.73 Å². The summed E-state index contributed by atoms with van der Waals surface area (Å²) in [5.74, 6) is -2.40. The number of carbonyl (C=O) groups is 2. The highest BCUT2D eigenvalue weighted by Crippen LogP contribution is 2.38. The van der Waals surface area contributed by atoms with Crippen molar-refractivity contribution in [2.45, 2.75) is 50.2 Å². The molecule has 4 unspecified atom stereocenters. The van der Waals surface area contributed by atoms with E-state index in [2.05, 4.69) is 5.32 Å². The molecule has 1 fully saturated rings. The molecule has 2 heterocycles. The normalized spacial score (nSPS) is 16.8. The third-order valence-corrected chi connectivity index (χ3v) is 7.56. The van der Waals surface area contributed by atoms with Gasteiger partial charge in [0, 0.05) is 18.6 Å². The minimum Gasteiger partial charge on any atom is -0.508 e. The van der Waals surface area contributed by atoms with E-state index in [4.69, 9.17) is 24.4 Å². The van der Waals surface area contributed by atoms with E-state index in [0.717, 1.165) is 6.07 Å². The first kappa shape index (κ1) is 32.1. The van der Waals surface area contributed by atoms with E-state index in [9.17, 15) is 39.9 Å². The second-order valence-electron chi connectivity index (χ2n) is 10.7. The van der Waals surface area contributed by atoms with Crippen LogP contribution in [0.3, 0.4) is 0 Å². The van der Waals surface area contributed by atoms with E-state index in [1.807, 2.05) is 0 Å². The molecule has 0 radical (unpaired) electrons. The van der Waals surface area contributed by atoms with Crippen LogP contribution in [0.1, 0.15) is 36.0 Å². The first-order chi connectivity index (χ1) is 22.0. The van der Waals surface area contributed by atoms with E-state index in [1.54, 1.807) is 0 Å². The molecule has 1 amide bonds. The Hall–Kier alpha value is -5.31. The molecule has 242 valence electrons. The fourth-order valence-corrected chi connectivity index (χ4v) is 5.01. The number of esters is 1. The molecule has 0 spiro atoms. The molecule has 5 rings (SSSR count). The molecule has 0 aliphatic carbocycles. The monoisotopic (exact) mass is 636 g/mol. The number of primary amides is 1. The summed E-state index contributed by atoms with van der Waals surface area (Å²) in [6.07, 6.45) is -1.97. The van der Waals surface area contributed by atoms with Gasteiger partial charge in [-0.25, -0.2) is 0 Å². The molecule has 8 N–H and O–H groups in total. The quantitative estimate of drug-likeness (QED) is 0.0484. The number of benzene rings is 3. The number of carbonyl (C=O) groups excluding carboxylic acids is 2. The topological polar surface area (TPSA) is 235 Å². The number of nitrogens with two attached hydrogens (primary N) is 1. The second kappa shape index (κ2) is 13.4. The summed E-state index contributed by atoms with van der Waals surface area (Å²) in [5, 5.41) is 54.0. The molecule has 4 atom stereocenters. The van der Waals surface area contributed by atoms with E-state index >= 15 is 0 Å². The van der Waals surface area contributed by atoms with Crippen LogP contribution in [0.15, 0.2) is 64.0 Å². The molecule has 4 aromatic rings. The Kier molecular flexibility index (Phi) is 9.32. The number of phenolic OH excluding ortho intramolecular Hbond substituents is 2. The van der Waals surface area contributed by atoms with Crippen molar-refractivity contribution in [3.8, 4) is 39.9 Å². The Labute approximate surface area is 261 Å². The van der Waals surface area contributed by atoms with Crippen LogP contribution in [0.2, 0.25) is 0 Å². The van der Waals surface area contributed by atoms with Gasteiger partial charge in [0.2, 0.25) is 5.43 Å². The van der Waals surface area contributed by atoms with Gasteiger partial charge in [-0.05, 0) is 49.1 Å². The number of ether oxygens (including phenoxy) is 3. The SMILES string of the molecule is COc1ccc(NC2OC2CCC(O)C(O)CCC(=O)Oc2cc(O)c3c(=O)c(-c4ccc(O)cc4)coc3c2)c(O)c1C(N)=O. The highest BCUT2D eigenvalue weighted by Gasteiger charge is 2.40. The first-order valence-corrected chi connectivity index (χ1v) is 14.2. The van der Waals surface area contributed by atoms with Crippen molar-refractivity contribution in [1.82, 2.24) is 0 Å². The van der Waals surface area contributed by atoms with Crippen molar-refractivity contribution >= 4 is 28.5 Å². The zero-order valence-electron chi connectivity index (χ0n) is 24.5. The van der Waals surface area contributed by atoms with E-state index in [-0.39, 0.29) is 76.1 Å². The molecule has 14 nitrogen and oxygen atoms in total. The zero-order chi connectivity index (χ0) is 33.1. The van der Waals surface area contributed by atoms with Gasteiger partial charge in [0.1, 0.15) is 51.9 Å². The second-order valence-corrected chi connectivity index (χ2v) is 10.7. The predicted molar refractivity (Wildman–Crippen MR) is 163 cm³/mol. The average molecular weight is 637 g/mol. The molecular formula is C32H32N2O12. The number of methoxy groups -OCH3 is 1. The van der Waals surface area contributed by atoms with Crippen LogP contribution in [0.5, 0.6) is 28.7 Å². The largest absolute Gasteiger partial charge is 0.508 e. The van der Waals surface area contributed by atoms with Gasteiger partial charge >= 0.3 is 5.97 Å². The minimum absolute atomic E-state index is 0.0172. The Balaban J connectivity index is 1.10. The molecule has 1 aliphatic heterocycles. The van der Waals surface area contributed by atoms with Crippen LogP contribution in [-0.2, 0) is 9.53 Å². The van der Waals surface area contributed by atoms with Gasteiger partial charge in [-0.2, -0.15) is 0 Å². The number of aliphatic hydroxyl groups excluding tert-OH is 2. The fourth-order valence-electron chi connectivity index (χ4n) is 5.01. The van der Waals surface area contributed by atoms with Gasteiger partial charge in [0.15, 0.2) is 12.0 Å². The van der Waals surface area contributed by atoms with Crippen molar-refractivity contribution in [1.29, 1.82) is 0 Å². The molecule has 46 heavy (non-hydrogen) atoms. The summed E-state index contributed by atoms with van der Waals surface area (Å²) < 4.78 is 21.3. The van der Waals surface area contributed by atoms with Crippen molar-refractivity contribution in [3.05, 3.63) is 70.6 Å². The lowest BCUT2D eigenvalue weighted by Crippen LogP contribution is -2.27. The molecule has 1 aromatic heterocycles. The standard InChI is InChI=1S/C32H32N2O12/c1-43-23-9-6-19(30(41)28(23)31(33)42)34-32-24(46-32)10-7-20(36)21(37)8-11-26(39)45-17-12-22(38)27-25(13-17)44-14-18(29(27)40)15-2-4-16(35)5-3-15/h2-6,9,12-14,20-21,24,32,34-38,41H,7-8,10-11H2,1H3,(H2,33,42). The molecule has 0 saturated carbocycles. The number of fused-ring (bicyclic) bond motifs is 1. The van der Waals surface area contributed by atoms with Gasteiger partial charge in [0.25, 0.3) is 5.91 Å². The van der Waals surface area contributed by atoms with Crippen molar-refractivity contribution < 1.29 is 53.7 Å². The fraction of sp³-hybridized carbons (Fsp3) is 0.281. The highest BCUT2D eigenvalue weighted by atomic mass is 16.6. The summed E-state index contributed by atoms with van der Waals surface area (Å²) in [6.45, 7) is 0. The predicted octanol–water partition coefficient (Wildman–Crippen LogP) is 2.71. The van der Waals surface area contributed by atoms with Crippen LogP contribution < -0.4 is 26.0 Å². The maximum Gasteiger partial charge on any atom is 0.311 e. The summed E-state index contributed by atoms with van der Waals surface area (Å²) in [5.41, 5.74) is 5.47. The molecule has 0 bridgehead atoms. The molecule has 14 heteroatoms. The molecule has 1 aliphatic rings. The summed E-state index contributed by atoms with van der Waals surface area (Å²) in [4.78, 5) is 37.1. The van der Waals surface area contributed by atoms with Crippen molar-refractivity contribution in [2.75, 3.05) is 12.4 Å². The van der Waals surface area contributed by atoms with Gasteiger partial charge in [-0.3, -0.25) is 14.4 Å². The third kappa shape index (κ3) is 6.99. The van der Waals surface area contributed by atoms with E-state index in [1.165, 1.54) is 55.8 Å². The minimum atomic E-state index is -1.25. The Morgan fingerprint density at radius 3 is 2.43 bits per heavy atom. The highest BCUT2D eigenvalue weighted by molar-refractivity contribution is 6.00. The van der Waals surface area contributed by atoms with Gasteiger partial charge in [0.05, 0.1) is 30.6 Å². The van der Waals surface area contributed by atoms with E-state index in [0.29, 0.717) is 12.0 Å². The maximum absolute atomic E-state index is 13.0.